The molecule has 0 radical (unpaired) electrons. The van der Waals surface area contributed by atoms with Crippen LogP contribution in [0.1, 0.15) is 36.0 Å². The molecule has 1 fully saturated rings. The molecule has 1 saturated heterocycles. The van der Waals surface area contributed by atoms with E-state index in [0.717, 1.165) is 43.0 Å². The van der Waals surface area contributed by atoms with Gasteiger partial charge in [0, 0.05) is 13.1 Å². The summed E-state index contributed by atoms with van der Waals surface area (Å²) in [4.78, 5) is 25.6. The number of ether oxygens (including phenoxy) is 1. The van der Waals surface area contributed by atoms with Crippen LogP contribution in [0.3, 0.4) is 0 Å². The molecule has 0 bridgehead atoms. The molecule has 120 valence electrons. The van der Waals surface area contributed by atoms with Crippen LogP contribution >= 0.6 is 0 Å². The molecular weight excluding hydrogens is 290 g/mol. The number of aldehydes is 1. The normalized spacial score (nSPS) is 15.2. The summed E-state index contributed by atoms with van der Waals surface area (Å²) in [6.45, 7) is 1.60. The molecule has 0 unspecified atom stereocenters. The average Bonchev–Trinajstić information content (AvgIpc) is 2.88. The lowest BCUT2D eigenvalue weighted by Crippen LogP contribution is -2.35. The van der Waals surface area contributed by atoms with Crippen molar-refractivity contribution in [1.82, 2.24) is 4.90 Å². The molecule has 0 aliphatic carbocycles. The number of amides is 1. The van der Waals surface area contributed by atoms with E-state index in [1.165, 1.54) is 12.8 Å². The fraction of sp³-hybridized carbons (Fsp3) is 0.368. The highest BCUT2D eigenvalue weighted by atomic mass is 16.5. The first-order chi connectivity index (χ1) is 11.3. The number of rotatable bonds is 4. The number of fused-ring (bicyclic) bond motifs is 1. The van der Waals surface area contributed by atoms with E-state index in [1.54, 1.807) is 6.07 Å². The molecule has 0 spiro atoms. The van der Waals surface area contributed by atoms with Gasteiger partial charge >= 0.3 is 0 Å². The van der Waals surface area contributed by atoms with E-state index in [1.807, 2.05) is 35.2 Å². The van der Waals surface area contributed by atoms with Crippen LogP contribution in [0, 0.1) is 0 Å². The molecule has 0 atom stereocenters. The minimum atomic E-state index is -0.0147. The number of benzene rings is 2. The first-order valence-electron chi connectivity index (χ1n) is 8.17. The lowest BCUT2D eigenvalue weighted by molar-refractivity contribution is -0.133. The summed E-state index contributed by atoms with van der Waals surface area (Å²) in [6, 6.07) is 11.3. The summed E-state index contributed by atoms with van der Waals surface area (Å²) in [6.07, 6.45) is 5.28. The summed E-state index contributed by atoms with van der Waals surface area (Å²) in [7, 11) is 0. The van der Waals surface area contributed by atoms with E-state index in [9.17, 15) is 9.59 Å². The van der Waals surface area contributed by atoms with Crippen molar-refractivity contribution < 1.29 is 14.3 Å². The Labute approximate surface area is 136 Å². The lowest BCUT2D eigenvalue weighted by Gasteiger charge is -2.20. The van der Waals surface area contributed by atoms with Crippen LogP contribution in [-0.2, 0) is 4.79 Å². The first-order valence-corrected chi connectivity index (χ1v) is 8.17. The van der Waals surface area contributed by atoms with E-state index in [4.69, 9.17) is 4.74 Å². The molecule has 2 aromatic rings. The molecule has 2 aromatic carbocycles. The summed E-state index contributed by atoms with van der Waals surface area (Å²) in [5, 5.41) is 1.84. The zero-order valence-electron chi connectivity index (χ0n) is 13.2. The smallest absolute Gasteiger partial charge is 0.260 e. The molecule has 0 saturated carbocycles. The van der Waals surface area contributed by atoms with Crippen LogP contribution < -0.4 is 4.74 Å². The van der Waals surface area contributed by atoms with Gasteiger partial charge in [-0.1, -0.05) is 43.2 Å². The largest absolute Gasteiger partial charge is 0.483 e. The summed E-state index contributed by atoms with van der Waals surface area (Å²) in [5.74, 6) is 0.471. The van der Waals surface area contributed by atoms with Crippen molar-refractivity contribution in [2.45, 2.75) is 25.7 Å². The maximum absolute atomic E-state index is 12.3. The Kier molecular flexibility index (Phi) is 4.91. The fourth-order valence-electron chi connectivity index (χ4n) is 3.07. The molecule has 1 aliphatic heterocycles. The Morgan fingerprint density at radius 1 is 1.04 bits per heavy atom. The number of carbonyl (C=O) groups is 2. The van der Waals surface area contributed by atoms with E-state index >= 15 is 0 Å². The Morgan fingerprint density at radius 2 is 1.78 bits per heavy atom. The molecule has 0 aromatic heterocycles. The third-order valence-electron chi connectivity index (χ3n) is 4.36. The second-order valence-corrected chi connectivity index (χ2v) is 5.90. The van der Waals surface area contributed by atoms with Crippen molar-refractivity contribution in [3.05, 3.63) is 42.0 Å². The van der Waals surface area contributed by atoms with Gasteiger partial charge < -0.3 is 9.64 Å². The summed E-state index contributed by atoms with van der Waals surface area (Å²) >= 11 is 0. The van der Waals surface area contributed by atoms with Gasteiger partial charge in [-0.25, -0.2) is 0 Å². The van der Waals surface area contributed by atoms with Gasteiger partial charge in [-0.15, -0.1) is 0 Å². The van der Waals surface area contributed by atoms with Crippen molar-refractivity contribution >= 4 is 23.0 Å². The van der Waals surface area contributed by atoms with E-state index in [-0.39, 0.29) is 12.5 Å². The van der Waals surface area contributed by atoms with Gasteiger partial charge in [-0.3, -0.25) is 9.59 Å². The highest BCUT2D eigenvalue weighted by Gasteiger charge is 2.17. The van der Waals surface area contributed by atoms with Gasteiger partial charge in [-0.2, -0.15) is 0 Å². The Morgan fingerprint density at radius 3 is 2.52 bits per heavy atom. The number of hydrogen-bond donors (Lipinski definition) is 0. The lowest BCUT2D eigenvalue weighted by atomic mass is 10.0. The maximum atomic E-state index is 12.3. The van der Waals surface area contributed by atoms with Crippen LogP contribution in [0.15, 0.2) is 36.4 Å². The van der Waals surface area contributed by atoms with Crippen molar-refractivity contribution in [2.75, 3.05) is 19.7 Å². The number of carbonyl (C=O) groups excluding carboxylic acids is 2. The van der Waals surface area contributed by atoms with Crippen LogP contribution in [0.25, 0.3) is 10.8 Å². The van der Waals surface area contributed by atoms with E-state index in [2.05, 4.69) is 0 Å². The van der Waals surface area contributed by atoms with Crippen molar-refractivity contribution in [3.8, 4) is 5.75 Å². The minimum Gasteiger partial charge on any atom is -0.483 e. The fourth-order valence-corrected chi connectivity index (χ4v) is 3.07. The Bertz CT molecular complexity index is 703. The third-order valence-corrected chi connectivity index (χ3v) is 4.36. The molecule has 1 amide bonds. The molecule has 23 heavy (non-hydrogen) atoms. The van der Waals surface area contributed by atoms with Crippen molar-refractivity contribution in [2.24, 2.45) is 0 Å². The summed E-state index contributed by atoms with van der Waals surface area (Å²) < 4.78 is 5.67. The minimum absolute atomic E-state index is 0.00286. The van der Waals surface area contributed by atoms with E-state index < -0.39 is 0 Å². The van der Waals surface area contributed by atoms with Crippen LogP contribution in [-0.4, -0.2) is 36.8 Å². The highest BCUT2D eigenvalue weighted by Crippen LogP contribution is 2.26. The van der Waals surface area contributed by atoms with Gasteiger partial charge in [0.2, 0.25) is 0 Å². The Hall–Kier alpha value is -2.36. The molecule has 0 N–H and O–H groups in total. The SMILES string of the molecule is O=Cc1c(OCC(=O)N2CCCCCC2)ccc2ccccc12. The monoisotopic (exact) mass is 311 g/mol. The Balaban J connectivity index is 1.73. The molecule has 4 nitrogen and oxygen atoms in total. The van der Waals surface area contributed by atoms with Gasteiger partial charge in [0.05, 0.1) is 5.56 Å². The quantitative estimate of drug-likeness (QED) is 0.813. The van der Waals surface area contributed by atoms with Crippen LogP contribution in [0.2, 0.25) is 0 Å². The van der Waals surface area contributed by atoms with Crippen molar-refractivity contribution in [1.29, 1.82) is 0 Å². The number of nitrogens with zero attached hydrogens (tertiary/aromatic N) is 1. The zero-order valence-corrected chi connectivity index (χ0v) is 13.2. The van der Waals surface area contributed by atoms with Crippen LogP contribution in [0.5, 0.6) is 5.75 Å². The zero-order chi connectivity index (χ0) is 16.1. The second kappa shape index (κ2) is 7.27. The maximum Gasteiger partial charge on any atom is 0.260 e. The second-order valence-electron chi connectivity index (χ2n) is 5.90. The summed E-state index contributed by atoms with van der Waals surface area (Å²) in [5.41, 5.74) is 0.506. The predicted octanol–water partition coefficient (Wildman–Crippen LogP) is 3.43. The van der Waals surface area contributed by atoms with Gasteiger partial charge in [-0.05, 0) is 29.7 Å². The van der Waals surface area contributed by atoms with Crippen molar-refractivity contribution in [3.63, 3.8) is 0 Å². The molecule has 1 heterocycles. The first kappa shape index (κ1) is 15.5. The molecule has 1 aliphatic rings. The number of hydrogen-bond acceptors (Lipinski definition) is 3. The van der Waals surface area contributed by atoms with Gasteiger partial charge in [0.1, 0.15) is 5.75 Å². The van der Waals surface area contributed by atoms with Crippen LogP contribution in [0.4, 0.5) is 0 Å². The third kappa shape index (κ3) is 3.52. The predicted molar refractivity (Wildman–Crippen MR) is 89.9 cm³/mol. The van der Waals surface area contributed by atoms with E-state index in [0.29, 0.717) is 11.3 Å². The molecule has 3 rings (SSSR count). The van der Waals surface area contributed by atoms with Gasteiger partial charge in [0.25, 0.3) is 5.91 Å². The average molecular weight is 311 g/mol. The number of likely N-dealkylation sites (tertiary alicyclic amines) is 1. The molecule has 4 heteroatoms. The highest BCUT2D eigenvalue weighted by molar-refractivity contribution is 6.00. The standard InChI is InChI=1S/C19H21NO3/c21-13-17-16-8-4-3-7-15(16)9-10-18(17)23-14-19(22)20-11-5-1-2-6-12-20/h3-4,7-10,13H,1-2,5-6,11-12,14H2. The topological polar surface area (TPSA) is 46.6 Å². The van der Waals surface area contributed by atoms with Gasteiger partial charge in [0.15, 0.2) is 12.9 Å². The molecular formula is C19H21NO3.